The maximum absolute atomic E-state index is 2.44. The molecular formula is C17H36. The van der Waals surface area contributed by atoms with E-state index in [0.29, 0.717) is 0 Å². The van der Waals surface area contributed by atoms with Gasteiger partial charge in [0.2, 0.25) is 0 Å². The van der Waals surface area contributed by atoms with Gasteiger partial charge in [0.25, 0.3) is 0 Å². The Balaban J connectivity index is 3.46. The Bertz CT molecular complexity index is 133. The summed E-state index contributed by atoms with van der Waals surface area (Å²) in [4.78, 5) is 0. The molecule has 0 bridgehead atoms. The third kappa shape index (κ3) is 10.9. The van der Waals surface area contributed by atoms with Crippen molar-refractivity contribution in [3.8, 4) is 0 Å². The average Bonchev–Trinajstić information content (AvgIpc) is 2.32. The van der Waals surface area contributed by atoms with E-state index in [4.69, 9.17) is 0 Å². The minimum Gasteiger partial charge on any atom is -0.0654 e. The van der Waals surface area contributed by atoms with E-state index < -0.39 is 0 Å². The van der Waals surface area contributed by atoms with Crippen molar-refractivity contribution in [3.63, 3.8) is 0 Å². The predicted molar refractivity (Wildman–Crippen MR) is 80.5 cm³/mol. The summed E-state index contributed by atoms with van der Waals surface area (Å²) in [5, 5.41) is 0. The highest BCUT2D eigenvalue weighted by Crippen LogP contribution is 2.22. The Kier molecular flexibility index (Phi) is 12.5. The first-order chi connectivity index (χ1) is 8.24. The van der Waals surface area contributed by atoms with Crippen LogP contribution in [0.25, 0.3) is 0 Å². The molecule has 0 aliphatic heterocycles. The van der Waals surface area contributed by atoms with Gasteiger partial charge in [0.15, 0.2) is 0 Å². The molecule has 0 heteroatoms. The summed E-state index contributed by atoms with van der Waals surface area (Å²) < 4.78 is 0. The zero-order valence-corrected chi connectivity index (χ0v) is 12.9. The Morgan fingerprint density at radius 1 is 0.588 bits per heavy atom. The van der Waals surface area contributed by atoms with Gasteiger partial charge in [-0.1, -0.05) is 98.3 Å². The lowest BCUT2D eigenvalue weighted by molar-refractivity contribution is 0.376. The van der Waals surface area contributed by atoms with Crippen molar-refractivity contribution >= 4 is 0 Å². The van der Waals surface area contributed by atoms with Gasteiger partial charge in [-0.3, -0.25) is 0 Å². The summed E-state index contributed by atoms with van der Waals surface area (Å²) in [6.07, 6.45) is 15.8. The third-order valence-corrected chi connectivity index (χ3v) is 4.00. The van der Waals surface area contributed by atoms with Gasteiger partial charge in [-0.05, 0) is 11.8 Å². The summed E-state index contributed by atoms with van der Waals surface area (Å²) in [6, 6.07) is 0. The molecule has 0 heterocycles. The molecule has 0 aliphatic carbocycles. The van der Waals surface area contributed by atoms with Crippen LogP contribution < -0.4 is 0 Å². The van der Waals surface area contributed by atoms with Crippen LogP contribution >= 0.6 is 0 Å². The van der Waals surface area contributed by atoms with Crippen LogP contribution in [0.2, 0.25) is 0 Å². The quantitative estimate of drug-likeness (QED) is 0.338. The normalized spacial score (nSPS) is 13.2. The van der Waals surface area contributed by atoms with Crippen molar-refractivity contribution in [1.29, 1.82) is 0 Å². The molecule has 0 nitrogen and oxygen atoms in total. The van der Waals surface area contributed by atoms with Crippen LogP contribution in [0.1, 0.15) is 98.3 Å². The number of rotatable bonds is 12. The van der Waals surface area contributed by atoms with Crippen LogP contribution in [0.5, 0.6) is 0 Å². The molecule has 0 aromatic carbocycles. The highest BCUT2D eigenvalue weighted by atomic mass is 14.1. The molecule has 0 fully saturated rings. The predicted octanol–water partition coefficient (Wildman–Crippen LogP) is 6.59. The summed E-state index contributed by atoms with van der Waals surface area (Å²) in [5.74, 6) is 1.99. The lowest BCUT2D eigenvalue weighted by Crippen LogP contribution is -2.01. The van der Waals surface area contributed by atoms with Crippen LogP contribution in [0.3, 0.4) is 0 Å². The van der Waals surface area contributed by atoms with E-state index in [9.17, 15) is 0 Å². The maximum atomic E-state index is 2.44. The number of unbranched alkanes of at least 4 members (excludes halogenated alkanes) is 2. The Hall–Kier alpha value is 0. The lowest BCUT2D eigenvalue weighted by atomic mass is 9.90. The zero-order valence-electron chi connectivity index (χ0n) is 12.9. The molecule has 17 heavy (non-hydrogen) atoms. The van der Waals surface area contributed by atoms with Crippen LogP contribution in [0.4, 0.5) is 0 Å². The van der Waals surface area contributed by atoms with E-state index in [1.54, 1.807) is 0 Å². The maximum Gasteiger partial charge on any atom is -0.0414 e. The fraction of sp³-hybridized carbons (Fsp3) is 1.00. The molecule has 1 atom stereocenters. The van der Waals surface area contributed by atoms with Crippen molar-refractivity contribution in [2.75, 3.05) is 0 Å². The van der Waals surface area contributed by atoms with E-state index in [2.05, 4.69) is 27.7 Å². The van der Waals surface area contributed by atoms with Gasteiger partial charge in [0, 0.05) is 0 Å². The van der Waals surface area contributed by atoms with E-state index in [1.165, 1.54) is 70.6 Å². The Morgan fingerprint density at radius 2 is 1.12 bits per heavy atom. The van der Waals surface area contributed by atoms with Gasteiger partial charge in [-0.25, -0.2) is 0 Å². The second-order valence-electron chi connectivity index (χ2n) is 5.98. The van der Waals surface area contributed by atoms with Crippen molar-refractivity contribution in [2.45, 2.75) is 98.3 Å². The lowest BCUT2D eigenvalue weighted by Gasteiger charge is -2.16. The number of hydrogen-bond donors (Lipinski definition) is 0. The summed E-state index contributed by atoms with van der Waals surface area (Å²) in [6.45, 7) is 9.39. The van der Waals surface area contributed by atoms with E-state index in [-0.39, 0.29) is 0 Å². The molecule has 1 unspecified atom stereocenters. The zero-order chi connectivity index (χ0) is 12.9. The molecule has 0 saturated heterocycles. The first-order valence-corrected chi connectivity index (χ1v) is 8.24. The molecule has 0 aromatic heterocycles. The monoisotopic (exact) mass is 240 g/mol. The molecule has 0 N–H and O–H groups in total. The standard InChI is InChI=1S/C17H36/c1-5-8-13-16(4)14-9-10-15-17(11-6-2)12-7-3/h16-17H,5-15H2,1-4H3. The van der Waals surface area contributed by atoms with Crippen molar-refractivity contribution in [2.24, 2.45) is 11.8 Å². The first-order valence-electron chi connectivity index (χ1n) is 8.24. The second-order valence-corrected chi connectivity index (χ2v) is 5.98. The van der Waals surface area contributed by atoms with Crippen LogP contribution in [0.15, 0.2) is 0 Å². The molecule has 0 amide bonds. The van der Waals surface area contributed by atoms with Crippen molar-refractivity contribution in [1.82, 2.24) is 0 Å². The molecule has 0 rings (SSSR count). The van der Waals surface area contributed by atoms with Gasteiger partial charge < -0.3 is 0 Å². The highest BCUT2D eigenvalue weighted by Gasteiger charge is 2.07. The largest absolute Gasteiger partial charge is 0.0654 e. The summed E-state index contributed by atoms with van der Waals surface area (Å²) >= 11 is 0. The fourth-order valence-corrected chi connectivity index (χ4v) is 2.87. The Morgan fingerprint density at radius 3 is 1.65 bits per heavy atom. The van der Waals surface area contributed by atoms with E-state index in [1.807, 2.05) is 0 Å². The third-order valence-electron chi connectivity index (χ3n) is 4.00. The number of hydrogen-bond acceptors (Lipinski definition) is 0. The van der Waals surface area contributed by atoms with Crippen LogP contribution in [-0.2, 0) is 0 Å². The molecular weight excluding hydrogens is 204 g/mol. The van der Waals surface area contributed by atoms with Gasteiger partial charge >= 0.3 is 0 Å². The molecule has 0 aromatic rings. The topological polar surface area (TPSA) is 0 Å². The average molecular weight is 240 g/mol. The second kappa shape index (κ2) is 12.5. The van der Waals surface area contributed by atoms with Crippen molar-refractivity contribution in [3.05, 3.63) is 0 Å². The first kappa shape index (κ1) is 17.0. The van der Waals surface area contributed by atoms with Gasteiger partial charge in [0.05, 0.1) is 0 Å². The smallest absolute Gasteiger partial charge is 0.0414 e. The van der Waals surface area contributed by atoms with Gasteiger partial charge in [-0.2, -0.15) is 0 Å². The molecule has 104 valence electrons. The summed E-state index contributed by atoms with van der Waals surface area (Å²) in [7, 11) is 0. The summed E-state index contributed by atoms with van der Waals surface area (Å²) in [5.41, 5.74) is 0. The molecule has 0 spiro atoms. The van der Waals surface area contributed by atoms with E-state index in [0.717, 1.165) is 11.8 Å². The van der Waals surface area contributed by atoms with Crippen LogP contribution in [-0.4, -0.2) is 0 Å². The van der Waals surface area contributed by atoms with Gasteiger partial charge in [0.1, 0.15) is 0 Å². The molecule has 0 radical (unpaired) electrons. The van der Waals surface area contributed by atoms with Crippen LogP contribution in [0, 0.1) is 11.8 Å². The van der Waals surface area contributed by atoms with E-state index >= 15 is 0 Å². The molecule has 0 aliphatic rings. The minimum absolute atomic E-state index is 0.964. The van der Waals surface area contributed by atoms with Gasteiger partial charge in [-0.15, -0.1) is 0 Å². The Labute approximate surface area is 111 Å². The molecule has 0 saturated carbocycles. The SMILES string of the molecule is CCCCC(C)CCCCC(CCC)CCC. The minimum atomic E-state index is 0.964. The van der Waals surface area contributed by atoms with Crippen molar-refractivity contribution < 1.29 is 0 Å². The fourth-order valence-electron chi connectivity index (χ4n) is 2.87. The highest BCUT2D eigenvalue weighted by molar-refractivity contribution is 4.60.